The molecule has 1 aliphatic heterocycles. The molecule has 7 heteroatoms. The molecule has 3 rings (SSSR count). The summed E-state index contributed by atoms with van der Waals surface area (Å²) in [4.78, 5) is 17.1. The Bertz CT molecular complexity index is 927. The van der Waals surface area contributed by atoms with E-state index in [0.29, 0.717) is 31.4 Å². The summed E-state index contributed by atoms with van der Waals surface area (Å²) in [6, 6.07) is 12.7. The molecule has 0 atom stereocenters. The lowest BCUT2D eigenvalue weighted by Crippen LogP contribution is -2.19. The highest BCUT2D eigenvalue weighted by Crippen LogP contribution is 2.36. The maximum absolute atomic E-state index is 12.2. The van der Waals surface area contributed by atoms with E-state index in [1.807, 2.05) is 30.3 Å². The van der Waals surface area contributed by atoms with Crippen LogP contribution in [0.4, 0.5) is 5.69 Å². The Labute approximate surface area is 165 Å². The van der Waals surface area contributed by atoms with E-state index in [0.717, 1.165) is 5.69 Å². The average Bonchev–Trinajstić information content (AvgIpc) is 2.94. The van der Waals surface area contributed by atoms with E-state index >= 15 is 0 Å². The molecule has 26 heavy (non-hydrogen) atoms. The number of hydrogen-bond donors (Lipinski definition) is 1. The average molecular weight is 403 g/mol. The minimum Gasteiger partial charge on any atom is -0.478 e. The number of nitrogens with zero attached hydrogens (tertiary/aromatic N) is 1. The summed E-state index contributed by atoms with van der Waals surface area (Å²) in [7, 11) is 0. The molecule has 0 radical (unpaired) electrons. The van der Waals surface area contributed by atoms with Crippen LogP contribution in [-0.2, 0) is 4.79 Å². The number of ether oxygens (including phenoxy) is 1. The minimum atomic E-state index is -0.232. The smallest absolute Gasteiger partial charge is 0.264 e. The monoisotopic (exact) mass is 402 g/mol. The third kappa shape index (κ3) is 4.41. The van der Waals surface area contributed by atoms with Crippen LogP contribution in [0.5, 0.6) is 5.75 Å². The number of aliphatic imine (C=N–C) groups is 1. The maximum atomic E-state index is 12.2. The van der Waals surface area contributed by atoms with Crippen LogP contribution in [0.15, 0.2) is 52.4 Å². The third-order valence-corrected chi connectivity index (χ3v) is 4.73. The molecule has 130 valence electrons. The van der Waals surface area contributed by atoms with Crippen LogP contribution < -0.4 is 10.1 Å². The zero-order valence-corrected chi connectivity index (χ0v) is 15.7. The highest BCUT2D eigenvalue weighted by atomic mass is 35.5. The van der Waals surface area contributed by atoms with Gasteiger partial charge in [-0.15, -0.1) is 6.42 Å². The van der Waals surface area contributed by atoms with Crippen molar-refractivity contribution in [2.75, 3.05) is 6.61 Å². The molecule has 1 fully saturated rings. The van der Waals surface area contributed by atoms with Gasteiger partial charge in [-0.3, -0.25) is 4.79 Å². The van der Waals surface area contributed by atoms with E-state index in [1.165, 1.54) is 11.8 Å². The second-order valence-electron chi connectivity index (χ2n) is 5.12. The SMILES string of the molecule is C#CCOc1c(Cl)cc(/C=C2\SC(=Nc3ccccc3)NC2=O)cc1Cl. The summed E-state index contributed by atoms with van der Waals surface area (Å²) in [5.74, 6) is 2.44. The van der Waals surface area contributed by atoms with Crippen molar-refractivity contribution in [1.29, 1.82) is 0 Å². The Balaban J connectivity index is 1.83. The third-order valence-electron chi connectivity index (χ3n) is 3.26. The maximum Gasteiger partial charge on any atom is 0.264 e. The molecule has 2 aromatic carbocycles. The molecule has 0 aliphatic carbocycles. The van der Waals surface area contributed by atoms with Crippen LogP contribution in [0, 0.1) is 12.3 Å². The first-order chi connectivity index (χ1) is 12.6. The number of thioether (sulfide) groups is 1. The molecule has 0 spiro atoms. The van der Waals surface area contributed by atoms with Gasteiger partial charge in [0.05, 0.1) is 20.6 Å². The number of carbonyl (C=O) groups is 1. The molecule has 2 aromatic rings. The van der Waals surface area contributed by atoms with Gasteiger partial charge in [-0.05, 0) is 47.7 Å². The van der Waals surface area contributed by atoms with Crippen LogP contribution >= 0.6 is 35.0 Å². The van der Waals surface area contributed by atoms with E-state index < -0.39 is 0 Å². The van der Waals surface area contributed by atoms with Gasteiger partial charge in [-0.1, -0.05) is 47.3 Å². The van der Waals surface area contributed by atoms with Crippen molar-refractivity contribution in [2.24, 2.45) is 4.99 Å². The second kappa shape index (κ2) is 8.33. The molecule has 0 aromatic heterocycles. The van der Waals surface area contributed by atoms with Crippen molar-refractivity contribution in [1.82, 2.24) is 5.32 Å². The van der Waals surface area contributed by atoms with Crippen LogP contribution in [0.25, 0.3) is 6.08 Å². The first kappa shape index (κ1) is 18.4. The summed E-state index contributed by atoms with van der Waals surface area (Å²) in [6.07, 6.45) is 6.86. The molecule has 0 unspecified atom stereocenters. The quantitative estimate of drug-likeness (QED) is 0.584. The van der Waals surface area contributed by atoms with E-state index in [2.05, 4.69) is 16.2 Å². The summed E-state index contributed by atoms with van der Waals surface area (Å²) < 4.78 is 5.32. The van der Waals surface area contributed by atoms with Crippen LogP contribution in [0.2, 0.25) is 10.0 Å². The first-order valence-corrected chi connectivity index (χ1v) is 9.04. The topological polar surface area (TPSA) is 50.7 Å². The summed E-state index contributed by atoms with van der Waals surface area (Å²) >= 11 is 13.6. The number of rotatable bonds is 4. The van der Waals surface area contributed by atoms with E-state index in [9.17, 15) is 4.79 Å². The van der Waals surface area contributed by atoms with Gasteiger partial charge < -0.3 is 10.1 Å². The highest BCUT2D eigenvalue weighted by Gasteiger charge is 2.24. The molecule has 1 N–H and O–H groups in total. The molecular weight excluding hydrogens is 391 g/mol. The Morgan fingerprint density at radius 3 is 2.58 bits per heavy atom. The number of terminal acetylenes is 1. The lowest BCUT2D eigenvalue weighted by Gasteiger charge is -2.08. The second-order valence-corrected chi connectivity index (χ2v) is 6.97. The zero-order valence-electron chi connectivity index (χ0n) is 13.3. The number of carbonyl (C=O) groups excluding carboxylic acids is 1. The zero-order chi connectivity index (χ0) is 18.5. The van der Waals surface area contributed by atoms with Crippen molar-refractivity contribution < 1.29 is 9.53 Å². The van der Waals surface area contributed by atoms with Crippen molar-refractivity contribution in [2.45, 2.75) is 0 Å². The number of amides is 1. The number of hydrogen-bond acceptors (Lipinski definition) is 4. The number of amidine groups is 1. The Morgan fingerprint density at radius 2 is 1.92 bits per heavy atom. The first-order valence-electron chi connectivity index (χ1n) is 7.47. The van der Waals surface area contributed by atoms with E-state index in [1.54, 1.807) is 18.2 Å². The van der Waals surface area contributed by atoms with Gasteiger partial charge in [-0.2, -0.15) is 0 Å². The standard InChI is InChI=1S/C19H12Cl2N2O2S/c1-2-8-25-17-14(20)9-12(10-15(17)21)11-16-18(24)23-19(26-16)22-13-6-4-3-5-7-13/h1,3-7,9-11H,8H2,(H,22,23,24)/b16-11-. The van der Waals surface area contributed by atoms with Gasteiger partial charge in [0, 0.05) is 0 Å². The normalized spacial score (nSPS) is 16.6. The molecular formula is C19H12Cl2N2O2S. The fourth-order valence-corrected chi connectivity index (χ4v) is 3.62. The van der Waals surface area contributed by atoms with Gasteiger partial charge in [0.25, 0.3) is 5.91 Å². The molecule has 1 aliphatic rings. The number of nitrogens with one attached hydrogen (secondary N) is 1. The number of para-hydroxylation sites is 1. The summed E-state index contributed by atoms with van der Waals surface area (Å²) in [5.41, 5.74) is 1.43. The van der Waals surface area contributed by atoms with Crippen molar-refractivity contribution >= 4 is 57.8 Å². The largest absolute Gasteiger partial charge is 0.478 e. The molecule has 0 bridgehead atoms. The Hall–Kier alpha value is -2.39. The highest BCUT2D eigenvalue weighted by molar-refractivity contribution is 8.18. The van der Waals surface area contributed by atoms with E-state index in [-0.39, 0.29) is 12.5 Å². The summed E-state index contributed by atoms with van der Waals surface area (Å²) in [6.45, 7) is 0.0669. The molecule has 1 amide bonds. The van der Waals surface area contributed by atoms with Crippen LogP contribution in [-0.4, -0.2) is 17.7 Å². The molecule has 4 nitrogen and oxygen atoms in total. The van der Waals surface area contributed by atoms with Gasteiger partial charge in [0.1, 0.15) is 6.61 Å². The lowest BCUT2D eigenvalue weighted by atomic mass is 10.2. The van der Waals surface area contributed by atoms with Crippen LogP contribution in [0.3, 0.4) is 0 Å². The minimum absolute atomic E-state index is 0.0669. The van der Waals surface area contributed by atoms with Crippen molar-refractivity contribution in [3.05, 3.63) is 63.0 Å². The van der Waals surface area contributed by atoms with Crippen molar-refractivity contribution in [3.63, 3.8) is 0 Å². The van der Waals surface area contributed by atoms with Crippen molar-refractivity contribution in [3.8, 4) is 18.1 Å². The fourth-order valence-electron chi connectivity index (χ4n) is 2.17. The lowest BCUT2D eigenvalue weighted by molar-refractivity contribution is -0.115. The van der Waals surface area contributed by atoms with E-state index in [4.69, 9.17) is 34.4 Å². The molecule has 0 saturated carbocycles. The number of benzene rings is 2. The summed E-state index contributed by atoms with van der Waals surface area (Å²) in [5, 5.41) is 3.89. The fraction of sp³-hybridized carbons (Fsp3) is 0.0526. The van der Waals surface area contributed by atoms with Gasteiger partial charge in [0.15, 0.2) is 10.9 Å². The number of halogens is 2. The van der Waals surface area contributed by atoms with Gasteiger partial charge in [-0.25, -0.2) is 4.99 Å². The Kier molecular flexibility index (Phi) is 5.89. The van der Waals surface area contributed by atoms with Gasteiger partial charge >= 0.3 is 0 Å². The molecule has 1 saturated heterocycles. The Morgan fingerprint density at radius 1 is 1.23 bits per heavy atom. The predicted molar refractivity (Wildman–Crippen MR) is 108 cm³/mol. The van der Waals surface area contributed by atoms with Crippen LogP contribution in [0.1, 0.15) is 5.56 Å². The van der Waals surface area contributed by atoms with Gasteiger partial charge in [0.2, 0.25) is 0 Å². The predicted octanol–water partition coefficient (Wildman–Crippen LogP) is 4.90. The molecule has 1 heterocycles.